The number of hydrogen-bond donors (Lipinski definition) is 1. The lowest BCUT2D eigenvalue weighted by molar-refractivity contribution is -0.137. The van der Waals surface area contributed by atoms with Gasteiger partial charge in [-0.05, 0) is 43.2 Å². The zero-order valence-corrected chi connectivity index (χ0v) is 17.0. The van der Waals surface area contributed by atoms with Crippen LogP contribution in [0.2, 0.25) is 0 Å². The molecular formula is C18H17F3N2O5S2. The predicted octanol–water partition coefficient (Wildman–Crippen LogP) is 2.61. The number of nitrogens with one attached hydrogen (secondary N) is 1. The molecule has 1 saturated heterocycles. The quantitative estimate of drug-likeness (QED) is 0.736. The number of carbonyl (C=O) groups excluding carboxylic acids is 1. The summed E-state index contributed by atoms with van der Waals surface area (Å²) in [6.07, 6.45) is -3.49. The molecule has 30 heavy (non-hydrogen) atoms. The van der Waals surface area contributed by atoms with E-state index in [0.29, 0.717) is 32.0 Å². The van der Waals surface area contributed by atoms with Crippen molar-refractivity contribution in [1.82, 2.24) is 9.03 Å². The van der Waals surface area contributed by atoms with Gasteiger partial charge >= 0.3 is 6.18 Å². The van der Waals surface area contributed by atoms with Crippen LogP contribution in [0.1, 0.15) is 28.8 Å². The normalized spacial score (nSPS) is 15.8. The molecule has 0 aliphatic carbocycles. The van der Waals surface area contributed by atoms with Crippen LogP contribution in [-0.4, -0.2) is 40.1 Å². The van der Waals surface area contributed by atoms with E-state index in [1.54, 1.807) is 4.72 Å². The van der Waals surface area contributed by atoms with Crippen molar-refractivity contribution >= 4 is 26.0 Å². The number of benzene rings is 2. The van der Waals surface area contributed by atoms with E-state index in [2.05, 4.69) is 0 Å². The molecule has 0 saturated carbocycles. The Kier molecular flexibility index (Phi) is 5.94. The minimum Gasteiger partial charge on any atom is -0.268 e. The summed E-state index contributed by atoms with van der Waals surface area (Å²) >= 11 is 0. The summed E-state index contributed by atoms with van der Waals surface area (Å²) in [4.78, 5) is 11.4. The van der Waals surface area contributed by atoms with E-state index in [1.807, 2.05) is 0 Å². The van der Waals surface area contributed by atoms with Gasteiger partial charge in [0, 0.05) is 13.1 Å². The second-order valence-electron chi connectivity index (χ2n) is 6.56. The third-order valence-corrected chi connectivity index (χ3v) is 7.75. The van der Waals surface area contributed by atoms with Gasteiger partial charge in [-0.2, -0.15) is 17.5 Å². The van der Waals surface area contributed by atoms with Crippen LogP contribution in [-0.2, 0) is 26.2 Å². The standard InChI is InChI=1S/C18H17F3N2O5S2/c19-18(20,21)16-9-2-1-8-15(16)17(24)22-29(25,26)13-6-5-7-14(12-13)30(27,28)23-10-3-4-11-23/h1-2,5-9,12H,3-4,10-11H2,(H,22,24). The van der Waals surface area contributed by atoms with Gasteiger partial charge in [-0.25, -0.2) is 21.6 Å². The number of rotatable bonds is 5. The summed E-state index contributed by atoms with van der Waals surface area (Å²) in [5.41, 5.74) is -2.16. The van der Waals surface area contributed by atoms with E-state index in [4.69, 9.17) is 0 Å². The Labute approximate surface area is 171 Å². The number of sulfonamides is 2. The largest absolute Gasteiger partial charge is 0.417 e. The fourth-order valence-corrected chi connectivity index (χ4v) is 5.69. The Bertz CT molecular complexity index is 1170. The molecule has 1 amide bonds. The molecule has 0 atom stereocenters. The van der Waals surface area contributed by atoms with Crippen LogP contribution in [0.15, 0.2) is 58.3 Å². The average Bonchev–Trinajstić information content (AvgIpc) is 3.23. The fraction of sp³-hybridized carbons (Fsp3) is 0.278. The highest BCUT2D eigenvalue weighted by atomic mass is 32.2. The zero-order chi connectivity index (χ0) is 22.2. The second-order valence-corrected chi connectivity index (χ2v) is 10.2. The monoisotopic (exact) mass is 462 g/mol. The average molecular weight is 462 g/mol. The van der Waals surface area contributed by atoms with E-state index in [-0.39, 0.29) is 4.90 Å². The molecule has 3 rings (SSSR count). The summed E-state index contributed by atoms with van der Waals surface area (Å²) < 4.78 is 92.5. The minimum atomic E-state index is -4.86. The van der Waals surface area contributed by atoms with Crippen molar-refractivity contribution in [1.29, 1.82) is 0 Å². The molecule has 0 unspecified atom stereocenters. The Morgan fingerprint density at radius 1 is 0.900 bits per heavy atom. The number of halogens is 3. The van der Waals surface area contributed by atoms with Gasteiger partial charge in [-0.1, -0.05) is 18.2 Å². The lowest BCUT2D eigenvalue weighted by atomic mass is 10.1. The van der Waals surface area contributed by atoms with E-state index in [1.165, 1.54) is 22.5 Å². The van der Waals surface area contributed by atoms with Crippen molar-refractivity contribution in [3.63, 3.8) is 0 Å². The van der Waals surface area contributed by atoms with Gasteiger partial charge in [0.15, 0.2) is 0 Å². The van der Waals surface area contributed by atoms with Gasteiger partial charge in [0.05, 0.1) is 20.9 Å². The first-order valence-electron chi connectivity index (χ1n) is 8.76. The molecule has 0 radical (unpaired) electrons. The van der Waals surface area contributed by atoms with Gasteiger partial charge < -0.3 is 0 Å². The van der Waals surface area contributed by atoms with E-state index < -0.39 is 48.2 Å². The van der Waals surface area contributed by atoms with Crippen LogP contribution in [0.25, 0.3) is 0 Å². The molecule has 1 aliphatic rings. The molecule has 1 fully saturated rings. The van der Waals surface area contributed by atoms with Crippen LogP contribution in [0.5, 0.6) is 0 Å². The summed E-state index contributed by atoms with van der Waals surface area (Å²) in [7, 11) is -8.55. The number of nitrogens with zero attached hydrogens (tertiary/aromatic N) is 1. The van der Waals surface area contributed by atoms with Crippen molar-refractivity contribution < 1.29 is 34.8 Å². The first-order valence-corrected chi connectivity index (χ1v) is 11.7. The Morgan fingerprint density at radius 3 is 2.13 bits per heavy atom. The van der Waals surface area contributed by atoms with Gasteiger partial charge in [0.1, 0.15) is 0 Å². The predicted molar refractivity (Wildman–Crippen MR) is 101 cm³/mol. The first kappa shape index (κ1) is 22.2. The van der Waals surface area contributed by atoms with E-state index in [0.717, 1.165) is 24.3 Å². The Hall–Kier alpha value is -2.44. The van der Waals surface area contributed by atoms with Crippen LogP contribution in [0.3, 0.4) is 0 Å². The third-order valence-electron chi connectivity index (χ3n) is 4.52. The first-order chi connectivity index (χ1) is 13.9. The van der Waals surface area contributed by atoms with Crippen LogP contribution in [0.4, 0.5) is 13.2 Å². The zero-order valence-electron chi connectivity index (χ0n) is 15.4. The number of alkyl halides is 3. The maximum Gasteiger partial charge on any atom is 0.417 e. The summed E-state index contributed by atoms with van der Waals surface area (Å²) in [6, 6.07) is 8.07. The summed E-state index contributed by atoms with van der Waals surface area (Å²) in [6.45, 7) is 0.620. The van der Waals surface area contributed by atoms with Crippen LogP contribution < -0.4 is 4.72 Å². The lowest BCUT2D eigenvalue weighted by Gasteiger charge is -2.16. The molecule has 0 spiro atoms. The van der Waals surface area contributed by atoms with Gasteiger partial charge in [-0.3, -0.25) is 4.79 Å². The molecule has 0 bridgehead atoms. The molecule has 1 heterocycles. The number of amides is 1. The number of carbonyl (C=O) groups is 1. The molecule has 0 aromatic heterocycles. The van der Waals surface area contributed by atoms with Crippen molar-refractivity contribution in [2.75, 3.05) is 13.1 Å². The highest BCUT2D eigenvalue weighted by Gasteiger charge is 2.36. The van der Waals surface area contributed by atoms with Crippen LogP contribution in [0, 0.1) is 0 Å². The highest BCUT2D eigenvalue weighted by Crippen LogP contribution is 2.32. The Morgan fingerprint density at radius 2 is 1.50 bits per heavy atom. The molecule has 162 valence electrons. The summed E-state index contributed by atoms with van der Waals surface area (Å²) in [5, 5.41) is 0. The molecule has 12 heteroatoms. The third kappa shape index (κ3) is 4.50. The highest BCUT2D eigenvalue weighted by molar-refractivity contribution is 7.90. The Balaban J connectivity index is 1.91. The van der Waals surface area contributed by atoms with Gasteiger partial charge in [0.25, 0.3) is 15.9 Å². The molecule has 7 nitrogen and oxygen atoms in total. The van der Waals surface area contributed by atoms with Crippen LogP contribution >= 0.6 is 0 Å². The lowest BCUT2D eigenvalue weighted by Crippen LogP contribution is -2.32. The maximum absolute atomic E-state index is 13.1. The molecule has 2 aromatic rings. The minimum absolute atomic E-state index is 0.282. The molecule has 1 aliphatic heterocycles. The van der Waals surface area contributed by atoms with Crippen molar-refractivity contribution in [3.8, 4) is 0 Å². The van der Waals surface area contributed by atoms with E-state index in [9.17, 15) is 34.8 Å². The SMILES string of the molecule is O=C(NS(=O)(=O)c1cccc(S(=O)(=O)N2CCCC2)c1)c1ccccc1C(F)(F)F. The van der Waals surface area contributed by atoms with Gasteiger partial charge in [0.2, 0.25) is 10.0 Å². The number of hydrogen-bond acceptors (Lipinski definition) is 5. The van der Waals surface area contributed by atoms with Crippen molar-refractivity contribution in [2.24, 2.45) is 0 Å². The summed E-state index contributed by atoms with van der Waals surface area (Å²) in [5.74, 6) is -1.48. The van der Waals surface area contributed by atoms with Gasteiger partial charge in [-0.15, -0.1) is 0 Å². The fourth-order valence-electron chi connectivity index (χ4n) is 3.04. The van der Waals surface area contributed by atoms with Crippen molar-refractivity contribution in [3.05, 3.63) is 59.7 Å². The molecular weight excluding hydrogens is 445 g/mol. The smallest absolute Gasteiger partial charge is 0.268 e. The topological polar surface area (TPSA) is 101 Å². The molecule has 1 N–H and O–H groups in total. The molecule has 2 aromatic carbocycles. The maximum atomic E-state index is 13.1. The second kappa shape index (κ2) is 8.00. The van der Waals surface area contributed by atoms with E-state index >= 15 is 0 Å². The van der Waals surface area contributed by atoms with Crippen molar-refractivity contribution in [2.45, 2.75) is 28.8 Å².